The molecule has 1 aliphatic heterocycles. The molecule has 1 fully saturated rings. The first-order chi connectivity index (χ1) is 15.8. The van der Waals surface area contributed by atoms with Crippen LogP contribution in [0.25, 0.3) is 0 Å². The number of ether oxygens (including phenoxy) is 3. The van der Waals surface area contributed by atoms with E-state index < -0.39 is 48.7 Å². The number of esters is 1. The van der Waals surface area contributed by atoms with Gasteiger partial charge >= 0.3 is 23.7 Å². The predicted molar refractivity (Wildman–Crippen MR) is 110 cm³/mol. The fourth-order valence-corrected chi connectivity index (χ4v) is 3.35. The molecule has 2 heterocycles. The van der Waals surface area contributed by atoms with E-state index in [9.17, 15) is 19.5 Å². The van der Waals surface area contributed by atoms with E-state index in [1.54, 1.807) is 30.3 Å². The molecule has 2 N–H and O–H groups in total. The average Bonchev–Trinajstić information content (AvgIpc) is 3.03. The molecular formula is C21H23F2N3O7. The van der Waals surface area contributed by atoms with Crippen LogP contribution in [0.1, 0.15) is 25.1 Å². The highest BCUT2D eigenvalue weighted by molar-refractivity contribution is 5.83. The van der Waals surface area contributed by atoms with E-state index in [1.165, 1.54) is 6.92 Å². The van der Waals surface area contributed by atoms with Crippen LogP contribution >= 0.6 is 0 Å². The third-order valence-corrected chi connectivity index (χ3v) is 4.87. The summed E-state index contributed by atoms with van der Waals surface area (Å²) >= 11 is 0. The Balaban J connectivity index is 1.81. The Hall–Kier alpha value is -3.38. The summed E-state index contributed by atoms with van der Waals surface area (Å²) in [5.74, 6) is -5.23. The van der Waals surface area contributed by atoms with Gasteiger partial charge < -0.3 is 19.3 Å². The maximum Gasteiger partial charge on any atom is 0.412 e. The van der Waals surface area contributed by atoms with Gasteiger partial charge in [0.15, 0.2) is 6.10 Å². The summed E-state index contributed by atoms with van der Waals surface area (Å²) in [7, 11) is 0. The Morgan fingerprint density at radius 1 is 1.27 bits per heavy atom. The molecule has 2 aromatic rings. The zero-order valence-corrected chi connectivity index (χ0v) is 17.6. The number of nitrogens with zero attached hydrogens (tertiary/aromatic N) is 2. The minimum atomic E-state index is -3.94. The van der Waals surface area contributed by atoms with Crippen LogP contribution in [0, 0.1) is 0 Å². The highest BCUT2D eigenvalue weighted by atomic mass is 19.3. The quantitative estimate of drug-likeness (QED) is 0.563. The van der Waals surface area contributed by atoms with Gasteiger partial charge in [0.05, 0.1) is 13.2 Å². The second-order valence-corrected chi connectivity index (χ2v) is 7.11. The molecule has 33 heavy (non-hydrogen) atoms. The van der Waals surface area contributed by atoms with Crippen molar-refractivity contribution in [3.63, 3.8) is 0 Å². The number of halogens is 2. The standard InChI is InChI=1S/C21H23F2N3O7/c1-2-31-20(30)25-15-10-11-24-19(29)26(15)18-21(22,23)17(14(12-27)32-18)33-16(28)9-8-13-6-4-3-5-7-13/h3-7,10-11,14,17-18,27H,2,8-9,12H2,1H3,(H,25,30)/t14-,17-,18-/m1/s1. The highest BCUT2D eigenvalue weighted by Crippen LogP contribution is 2.44. The zero-order valence-electron chi connectivity index (χ0n) is 17.6. The number of hydrogen-bond acceptors (Lipinski definition) is 8. The molecule has 0 bridgehead atoms. The van der Waals surface area contributed by atoms with Gasteiger partial charge in [-0.1, -0.05) is 30.3 Å². The third-order valence-electron chi connectivity index (χ3n) is 4.87. The lowest BCUT2D eigenvalue weighted by molar-refractivity contribution is -0.176. The number of amides is 1. The van der Waals surface area contributed by atoms with Crippen LogP contribution in [-0.2, 0) is 25.4 Å². The summed E-state index contributed by atoms with van der Waals surface area (Å²) in [4.78, 5) is 39.8. The zero-order chi connectivity index (χ0) is 24.0. The number of carbonyl (C=O) groups excluding carboxylic acids is 2. The molecule has 1 aliphatic rings. The van der Waals surface area contributed by atoms with Gasteiger partial charge in [-0.15, -0.1) is 0 Å². The molecule has 1 aromatic carbocycles. The van der Waals surface area contributed by atoms with Crippen LogP contribution < -0.4 is 11.0 Å². The molecule has 1 aromatic heterocycles. The van der Waals surface area contributed by atoms with Crippen LogP contribution in [0.4, 0.5) is 19.4 Å². The lowest BCUT2D eigenvalue weighted by Crippen LogP contribution is -2.45. The molecule has 0 spiro atoms. The molecule has 3 rings (SSSR count). The SMILES string of the molecule is CCOC(=O)Nc1ccnc(=O)n1[C@@H]1O[C@H](CO)[C@@H](OC(=O)CCc2ccccc2)C1(F)F. The Morgan fingerprint density at radius 2 is 2.00 bits per heavy atom. The number of alkyl halides is 2. The molecular weight excluding hydrogens is 444 g/mol. The number of benzene rings is 1. The summed E-state index contributed by atoms with van der Waals surface area (Å²) in [5.41, 5.74) is -0.334. The third kappa shape index (κ3) is 5.52. The Kier molecular flexibility index (Phi) is 7.71. The summed E-state index contributed by atoms with van der Waals surface area (Å²) in [6.07, 6.45) is -5.98. The van der Waals surface area contributed by atoms with E-state index in [2.05, 4.69) is 10.3 Å². The van der Waals surface area contributed by atoms with Gasteiger partial charge in [-0.25, -0.2) is 19.1 Å². The molecule has 178 valence electrons. The number of aryl methyl sites for hydroxylation is 1. The molecule has 12 heteroatoms. The number of aromatic nitrogens is 2. The van der Waals surface area contributed by atoms with Crippen LogP contribution in [0.15, 0.2) is 47.4 Å². The smallest absolute Gasteiger partial charge is 0.412 e. The normalized spacial score (nSPS) is 21.4. The highest BCUT2D eigenvalue weighted by Gasteiger charge is 2.62. The summed E-state index contributed by atoms with van der Waals surface area (Å²) in [6.45, 7) is 0.638. The van der Waals surface area contributed by atoms with Crippen molar-refractivity contribution in [2.75, 3.05) is 18.5 Å². The average molecular weight is 467 g/mol. The van der Waals surface area contributed by atoms with Gasteiger partial charge in [-0.2, -0.15) is 8.78 Å². The van der Waals surface area contributed by atoms with E-state index in [0.717, 1.165) is 17.8 Å². The summed E-state index contributed by atoms with van der Waals surface area (Å²) in [5, 5.41) is 11.7. The van der Waals surface area contributed by atoms with Crippen molar-refractivity contribution in [2.45, 2.75) is 44.1 Å². The van der Waals surface area contributed by atoms with Crippen molar-refractivity contribution < 1.29 is 37.7 Å². The molecule has 0 aliphatic carbocycles. The number of rotatable bonds is 8. The van der Waals surface area contributed by atoms with E-state index in [1.807, 2.05) is 0 Å². The maximum absolute atomic E-state index is 15.3. The number of anilines is 1. The van der Waals surface area contributed by atoms with E-state index in [-0.39, 0.29) is 25.3 Å². The van der Waals surface area contributed by atoms with E-state index in [0.29, 0.717) is 4.57 Å². The monoisotopic (exact) mass is 467 g/mol. The van der Waals surface area contributed by atoms with Crippen molar-refractivity contribution in [2.24, 2.45) is 0 Å². The minimum Gasteiger partial charge on any atom is -0.453 e. The molecule has 1 saturated heterocycles. The molecule has 10 nitrogen and oxygen atoms in total. The topological polar surface area (TPSA) is 129 Å². The van der Waals surface area contributed by atoms with Crippen molar-refractivity contribution in [1.82, 2.24) is 9.55 Å². The molecule has 1 amide bonds. The minimum absolute atomic E-state index is 0.00479. The number of hydrogen-bond donors (Lipinski definition) is 2. The molecule has 0 unspecified atom stereocenters. The van der Waals surface area contributed by atoms with E-state index >= 15 is 8.78 Å². The fourth-order valence-electron chi connectivity index (χ4n) is 3.35. The Morgan fingerprint density at radius 3 is 2.67 bits per heavy atom. The van der Waals surface area contributed by atoms with Crippen molar-refractivity contribution in [3.8, 4) is 0 Å². The Labute approximate surface area is 187 Å². The molecule has 3 atom stereocenters. The van der Waals surface area contributed by atoms with Gasteiger partial charge in [-0.05, 0) is 25.0 Å². The number of nitrogens with one attached hydrogen (secondary N) is 1. The van der Waals surface area contributed by atoms with Gasteiger partial charge in [0.2, 0.25) is 6.23 Å². The summed E-state index contributed by atoms with van der Waals surface area (Å²) in [6, 6.07) is 10.0. The van der Waals surface area contributed by atoms with Gasteiger partial charge in [0, 0.05) is 12.6 Å². The van der Waals surface area contributed by atoms with Crippen molar-refractivity contribution >= 4 is 17.9 Å². The fraction of sp³-hybridized carbons (Fsp3) is 0.429. The van der Waals surface area contributed by atoms with Gasteiger partial charge in [0.25, 0.3) is 0 Å². The number of aliphatic hydroxyl groups excluding tert-OH is 1. The first-order valence-corrected chi connectivity index (χ1v) is 10.2. The maximum atomic E-state index is 15.3. The second-order valence-electron chi connectivity index (χ2n) is 7.11. The van der Waals surface area contributed by atoms with Crippen molar-refractivity contribution in [1.29, 1.82) is 0 Å². The number of aliphatic hydroxyl groups is 1. The first kappa shape index (κ1) is 24.3. The predicted octanol–water partition coefficient (Wildman–Crippen LogP) is 1.88. The van der Waals surface area contributed by atoms with Crippen LogP contribution in [0.2, 0.25) is 0 Å². The van der Waals surface area contributed by atoms with Crippen LogP contribution in [0.3, 0.4) is 0 Å². The summed E-state index contributed by atoms with van der Waals surface area (Å²) < 4.78 is 46.0. The largest absolute Gasteiger partial charge is 0.453 e. The lowest BCUT2D eigenvalue weighted by Gasteiger charge is -2.25. The molecule has 0 saturated carbocycles. The molecule has 0 radical (unpaired) electrons. The van der Waals surface area contributed by atoms with Gasteiger partial charge in [0.1, 0.15) is 11.9 Å². The van der Waals surface area contributed by atoms with Crippen LogP contribution in [0.5, 0.6) is 0 Å². The number of carbonyl (C=O) groups is 2. The van der Waals surface area contributed by atoms with Gasteiger partial charge in [-0.3, -0.25) is 10.1 Å². The van der Waals surface area contributed by atoms with Crippen molar-refractivity contribution in [3.05, 3.63) is 58.6 Å². The lowest BCUT2D eigenvalue weighted by atomic mass is 10.1. The Bertz CT molecular complexity index is 1030. The second kappa shape index (κ2) is 10.5. The first-order valence-electron chi connectivity index (χ1n) is 10.2. The van der Waals surface area contributed by atoms with Crippen LogP contribution in [-0.4, -0.2) is 58.1 Å². The van der Waals surface area contributed by atoms with E-state index in [4.69, 9.17) is 14.2 Å².